The van der Waals surface area contributed by atoms with Gasteiger partial charge in [-0.15, -0.1) is 17.5 Å². The summed E-state index contributed by atoms with van der Waals surface area (Å²) in [7, 11) is 0. The molecule has 5 nitrogen and oxygen atoms in total. The third kappa shape index (κ3) is 2.51. The fourth-order valence-corrected chi connectivity index (χ4v) is 1.49. The Labute approximate surface area is 105 Å². The lowest BCUT2D eigenvalue weighted by Gasteiger charge is -2.08. The Hall–Kier alpha value is -2.14. The molecule has 88 valence electrons. The highest BCUT2D eigenvalue weighted by Gasteiger charge is 2.10. The first-order chi connectivity index (χ1) is 7.70. The van der Waals surface area contributed by atoms with E-state index in [1.165, 1.54) is 0 Å². The van der Waals surface area contributed by atoms with Crippen molar-refractivity contribution in [3.63, 3.8) is 0 Å². The average molecular weight is 250 g/mol. The zero-order chi connectivity index (χ0) is 11.5. The number of amidine groups is 1. The molecule has 0 spiro atoms. The molecule has 0 unspecified atom stereocenters. The molecule has 0 aliphatic carbocycles. The van der Waals surface area contributed by atoms with Crippen LogP contribution in [0.2, 0.25) is 0 Å². The van der Waals surface area contributed by atoms with Gasteiger partial charge >= 0.3 is 0 Å². The van der Waals surface area contributed by atoms with Gasteiger partial charge < -0.3 is 11.5 Å². The van der Waals surface area contributed by atoms with Crippen LogP contribution < -0.4 is 11.5 Å². The monoisotopic (exact) mass is 249 g/mol. The van der Waals surface area contributed by atoms with Gasteiger partial charge in [-0.2, -0.15) is 5.10 Å². The molecular formula is C11H12ClN5. The van der Waals surface area contributed by atoms with Crippen molar-refractivity contribution in [3.05, 3.63) is 42.2 Å². The Kier molecular flexibility index (Phi) is 4.01. The van der Waals surface area contributed by atoms with Crippen molar-refractivity contribution in [2.24, 2.45) is 5.73 Å². The van der Waals surface area contributed by atoms with E-state index in [2.05, 4.69) is 10.2 Å². The number of para-hydroxylation sites is 1. The minimum Gasteiger partial charge on any atom is -0.398 e. The van der Waals surface area contributed by atoms with Gasteiger partial charge in [-0.25, -0.2) is 0 Å². The molecule has 0 atom stereocenters. The van der Waals surface area contributed by atoms with Gasteiger partial charge in [0.25, 0.3) is 0 Å². The smallest absolute Gasteiger partial charge is 0.144 e. The number of aromatic nitrogens is 2. The first kappa shape index (κ1) is 12.9. The first-order valence-electron chi connectivity index (χ1n) is 4.71. The topological polar surface area (TPSA) is 102 Å². The third-order valence-corrected chi connectivity index (χ3v) is 2.23. The predicted molar refractivity (Wildman–Crippen MR) is 70.1 cm³/mol. The lowest BCUT2D eigenvalue weighted by Crippen LogP contribution is -2.15. The maximum atomic E-state index is 7.43. The third-order valence-electron chi connectivity index (χ3n) is 2.23. The molecule has 0 saturated heterocycles. The van der Waals surface area contributed by atoms with Crippen LogP contribution in [0.4, 0.5) is 5.69 Å². The molecule has 0 bridgehead atoms. The predicted octanol–water partition coefficient (Wildman–Crippen LogP) is 1.43. The fraction of sp³-hybridized carbons (Fsp3) is 0. The fourth-order valence-electron chi connectivity index (χ4n) is 1.49. The van der Waals surface area contributed by atoms with Crippen LogP contribution in [-0.2, 0) is 0 Å². The number of nitrogen functional groups attached to an aromatic ring is 2. The van der Waals surface area contributed by atoms with Gasteiger partial charge in [0.1, 0.15) is 11.5 Å². The second kappa shape index (κ2) is 5.27. The highest BCUT2D eigenvalue weighted by molar-refractivity contribution is 6.00. The molecule has 0 saturated carbocycles. The Balaban J connectivity index is 0.00000144. The summed E-state index contributed by atoms with van der Waals surface area (Å²) in [5.41, 5.74) is 13.8. The van der Waals surface area contributed by atoms with Gasteiger partial charge in [0.05, 0.1) is 6.20 Å². The standard InChI is InChI=1S/C11H11N5.ClH/c12-9-4-2-1-3-7(9)8-5-6-15-16-10(8)11(13)14;/h1-6H,12H2,(H3,13,14);1H. The minimum absolute atomic E-state index is 0. The molecule has 0 aliphatic heterocycles. The van der Waals surface area contributed by atoms with Gasteiger partial charge in [0.2, 0.25) is 0 Å². The molecule has 0 radical (unpaired) electrons. The summed E-state index contributed by atoms with van der Waals surface area (Å²) in [6.07, 6.45) is 1.55. The Morgan fingerprint density at radius 2 is 1.82 bits per heavy atom. The molecule has 0 amide bonds. The van der Waals surface area contributed by atoms with Crippen molar-refractivity contribution in [1.29, 1.82) is 5.41 Å². The van der Waals surface area contributed by atoms with E-state index in [-0.39, 0.29) is 18.2 Å². The molecule has 2 rings (SSSR count). The number of nitrogens with two attached hydrogens (primary N) is 2. The van der Waals surface area contributed by atoms with Crippen LogP contribution in [0.25, 0.3) is 11.1 Å². The molecule has 6 heteroatoms. The van der Waals surface area contributed by atoms with Crippen molar-refractivity contribution in [2.45, 2.75) is 0 Å². The van der Waals surface area contributed by atoms with E-state index in [0.29, 0.717) is 11.4 Å². The summed E-state index contributed by atoms with van der Waals surface area (Å²) in [5, 5.41) is 15.0. The molecule has 1 heterocycles. The number of benzene rings is 1. The van der Waals surface area contributed by atoms with Crippen LogP contribution in [0.5, 0.6) is 0 Å². The molecular weight excluding hydrogens is 238 g/mol. The number of halogens is 1. The highest BCUT2D eigenvalue weighted by Crippen LogP contribution is 2.26. The molecule has 2 aromatic rings. The van der Waals surface area contributed by atoms with Gasteiger partial charge in [-0.05, 0) is 12.1 Å². The Bertz CT molecular complexity index is 541. The summed E-state index contributed by atoms with van der Waals surface area (Å²) in [5.74, 6) is -0.119. The van der Waals surface area contributed by atoms with Crippen LogP contribution in [-0.4, -0.2) is 16.0 Å². The summed E-state index contributed by atoms with van der Waals surface area (Å²) in [6, 6.07) is 9.12. The van der Waals surface area contributed by atoms with E-state index in [0.717, 1.165) is 11.1 Å². The normalized spacial score (nSPS) is 9.41. The summed E-state index contributed by atoms with van der Waals surface area (Å²) < 4.78 is 0. The number of nitrogens with one attached hydrogen (secondary N) is 1. The lowest BCUT2D eigenvalue weighted by molar-refractivity contribution is 1.01. The van der Waals surface area contributed by atoms with Crippen LogP contribution >= 0.6 is 12.4 Å². The number of nitrogens with zero attached hydrogens (tertiary/aromatic N) is 2. The quantitative estimate of drug-likeness (QED) is 0.426. The van der Waals surface area contributed by atoms with Crippen molar-refractivity contribution in [2.75, 3.05) is 5.73 Å². The largest absolute Gasteiger partial charge is 0.398 e. The summed E-state index contributed by atoms with van der Waals surface area (Å²) in [6.45, 7) is 0. The number of hydrogen-bond acceptors (Lipinski definition) is 4. The van der Waals surface area contributed by atoms with Gasteiger partial charge in [-0.1, -0.05) is 18.2 Å². The van der Waals surface area contributed by atoms with Crippen LogP contribution in [0, 0.1) is 5.41 Å². The highest BCUT2D eigenvalue weighted by atomic mass is 35.5. The molecule has 17 heavy (non-hydrogen) atoms. The van der Waals surface area contributed by atoms with Crippen LogP contribution in [0.15, 0.2) is 36.5 Å². The van der Waals surface area contributed by atoms with Gasteiger partial charge in [-0.3, -0.25) is 5.41 Å². The maximum Gasteiger partial charge on any atom is 0.144 e. The minimum atomic E-state index is -0.119. The van der Waals surface area contributed by atoms with Gasteiger partial charge in [0.15, 0.2) is 0 Å². The van der Waals surface area contributed by atoms with Crippen LogP contribution in [0.3, 0.4) is 0 Å². The number of rotatable bonds is 2. The van der Waals surface area contributed by atoms with Crippen molar-refractivity contribution < 1.29 is 0 Å². The SMILES string of the molecule is Cl.N=C(N)c1nnccc1-c1ccccc1N. The van der Waals surface area contributed by atoms with Crippen molar-refractivity contribution in [1.82, 2.24) is 10.2 Å². The zero-order valence-electron chi connectivity index (χ0n) is 8.92. The van der Waals surface area contributed by atoms with Gasteiger partial charge in [0, 0.05) is 16.8 Å². The van der Waals surface area contributed by atoms with E-state index >= 15 is 0 Å². The van der Waals surface area contributed by atoms with Crippen molar-refractivity contribution in [3.8, 4) is 11.1 Å². The summed E-state index contributed by atoms with van der Waals surface area (Å²) in [4.78, 5) is 0. The van der Waals surface area contributed by atoms with E-state index in [9.17, 15) is 0 Å². The van der Waals surface area contributed by atoms with E-state index < -0.39 is 0 Å². The second-order valence-electron chi connectivity index (χ2n) is 3.29. The van der Waals surface area contributed by atoms with E-state index in [1.54, 1.807) is 18.3 Å². The van der Waals surface area contributed by atoms with E-state index in [4.69, 9.17) is 16.9 Å². The second-order valence-corrected chi connectivity index (χ2v) is 3.29. The first-order valence-corrected chi connectivity index (χ1v) is 4.71. The number of hydrogen-bond donors (Lipinski definition) is 3. The number of anilines is 1. The van der Waals surface area contributed by atoms with Crippen molar-refractivity contribution >= 4 is 23.9 Å². The maximum absolute atomic E-state index is 7.43. The lowest BCUT2D eigenvalue weighted by atomic mass is 10.0. The van der Waals surface area contributed by atoms with Crippen LogP contribution in [0.1, 0.15) is 5.69 Å². The Morgan fingerprint density at radius 3 is 2.47 bits per heavy atom. The summed E-state index contributed by atoms with van der Waals surface area (Å²) >= 11 is 0. The Morgan fingerprint density at radius 1 is 1.12 bits per heavy atom. The van der Waals surface area contributed by atoms with E-state index in [1.807, 2.05) is 18.2 Å². The molecule has 1 aromatic heterocycles. The molecule has 1 aromatic carbocycles. The average Bonchev–Trinajstić information content (AvgIpc) is 2.29. The molecule has 0 fully saturated rings. The molecule has 0 aliphatic rings. The molecule has 5 N–H and O–H groups in total. The zero-order valence-corrected chi connectivity index (χ0v) is 9.74.